The van der Waals surface area contributed by atoms with Gasteiger partial charge in [-0.2, -0.15) is 0 Å². The maximum absolute atomic E-state index is 10.8. The molecule has 2 aromatic carbocycles. The molecule has 0 atom stereocenters. The zero-order chi connectivity index (χ0) is 13.7. The number of hydrogen-bond donors (Lipinski definition) is 1. The first-order valence-electron chi connectivity index (χ1n) is 5.82. The van der Waals surface area contributed by atoms with Crippen LogP contribution in [-0.2, 0) is 17.8 Å². The van der Waals surface area contributed by atoms with Crippen LogP contribution in [0.25, 0.3) is 0 Å². The van der Waals surface area contributed by atoms with Crippen LogP contribution in [-0.4, -0.2) is 11.1 Å². The van der Waals surface area contributed by atoms with E-state index in [0.717, 1.165) is 5.56 Å². The first kappa shape index (κ1) is 13.4. The van der Waals surface area contributed by atoms with E-state index in [1.54, 1.807) is 30.3 Å². The lowest BCUT2D eigenvalue weighted by atomic mass is 10.1. The van der Waals surface area contributed by atoms with Crippen LogP contribution >= 0.6 is 11.6 Å². The van der Waals surface area contributed by atoms with E-state index >= 15 is 0 Å². The van der Waals surface area contributed by atoms with Gasteiger partial charge < -0.3 is 9.84 Å². The maximum Gasteiger partial charge on any atom is 0.307 e. The number of para-hydroxylation sites is 1. The Labute approximate surface area is 116 Å². The SMILES string of the molecule is O=C(O)Cc1ccccc1OCc1ccc(Cl)cc1. The first-order chi connectivity index (χ1) is 9.15. The Morgan fingerprint density at radius 1 is 1.11 bits per heavy atom. The molecule has 0 bridgehead atoms. The average molecular weight is 277 g/mol. The van der Waals surface area contributed by atoms with Gasteiger partial charge >= 0.3 is 5.97 Å². The number of aliphatic carboxylic acids is 1. The number of halogens is 1. The molecule has 0 amide bonds. The van der Waals surface area contributed by atoms with Gasteiger partial charge in [0.05, 0.1) is 6.42 Å². The smallest absolute Gasteiger partial charge is 0.307 e. The van der Waals surface area contributed by atoms with Crippen LogP contribution in [0.15, 0.2) is 48.5 Å². The second-order valence-corrected chi connectivity index (χ2v) is 4.53. The summed E-state index contributed by atoms with van der Waals surface area (Å²) in [5, 5.41) is 9.51. The number of carboxylic acid groups (broad SMARTS) is 1. The summed E-state index contributed by atoms with van der Waals surface area (Å²) < 4.78 is 5.66. The molecule has 3 nitrogen and oxygen atoms in total. The van der Waals surface area contributed by atoms with Crippen molar-refractivity contribution in [2.75, 3.05) is 0 Å². The largest absolute Gasteiger partial charge is 0.489 e. The van der Waals surface area contributed by atoms with Crippen molar-refractivity contribution in [1.82, 2.24) is 0 Å². The zero-order valence-corrected chi connectivity index (χ0v) is 10.9. The van der Waals surface area contributed by atoms with Crippen LogP contribution < -0.4 is 4.74 Å². The number of ether oxygens (including phenoxy) is 1. The van der Waals surface area contributed by atoms with Crippen LogP contribution in [0.1, 0.15) is 11.1 Å². The van der Waals surface area contributed by atoms with Crippen molar-refractivity contribution >= 4 is 17.6 Å². The lowest BCUT2D eigenvalue weighted by Gasteiger charge is -2.10. The molecule has 0 aliphatic carbocycles. The highest BCUT2D eigenvalue weighted by molar-refractivity contribution is 6.30. The van der Waals surface area contributed by atoms with E-state index in [1.165, 1.54) is 0 Å². The normalized spacial score (nSPS) is 10.2. The Balaban J connectivity index is 2.06. The fourth-order valence-corrected chi connectivity index (χ4v) is 1.82. The Hall–Kier alpha value is -2.00. The molecule has 19 heavy (non-hydrogen) atoms. The summed E-state index contributed by atoms with van der Waals surface area (Å²) in [7, 11) is 0. The van der Waals surface area contributed by atoms with Crippen molar-refractivity contribution < 1.29 is 14.6 Å². The van der Waals surface area contributed by atoms with E-state index in [9.17, 15) is 4.79 Å². The second-order valence-electron chi connectivity index (χ2n) is 4.09. The second kappa shape index (κ2) is 6.25. The van der Waals surface area contributed by atoms with Gasteiger partial charge in [-0.05, 0) is 23.8 Å². The van der Waals surface area contributed by atoms with E-state index in [-0.39, 0.29) is 6.42 Å². The summed E-state index contributed by atoms with van der Waals surface area (Å²) in [5.41, 5.74) is 1.65. The fourth-order valence-electron chi connectivity index (χ4n) is 1.70. The molecule has 2 aromatic rings. The minimum absolute atomic E-state index is 0.0449. The Morgan fingerprint density at radius 3 is 2.47 bits per heavy atom. The Morgan fingerprint density at radius 2 is 1.79 bits per heavy atom. The van der Waals surface area contributed by atoms with Gasteiger partial charge in [0.25, 0.3) is 0 Å². The van der Waals surface area contributed by atoms with Crippen molar-refractivity contribution in [2.24, 2.45) is 0 Å². The van der Waals surface area contributed by atoms with E-state index in [4.69, 9.17) is 21.4 Å². The predicted molar refractivity (Wildman–Crippen MR) is 73.6 cm³/mol. The third kappa shape index (κ3) is 4.00. The first-order valence-corrected chi connectivity index (χ1v) is 6.20. The molecule has 0 fully saturated rings. The van der Waals surface area contributed by atoms with Gasteiger partial charge in [0.1, 0.15) is 12.4 Å². The van der Waals surface area contributed by atoms with Gasteiger partial charge in [-0.25, -0.2) is 0 Å². The van der Waals surface area contributed by atoms with Crippen LogP contribution in [0.2, 0.25) is 5.02 Å². The lowest BCUT2D eigenvalue weighted by Crippen LogP contribution is -2.04. The monoisotopic (exact) mass is 276 g/mol. The lowest BCUT2D eigenvalue weighted by molar-refractivity contribution is -0.136. The van der Waals surface area contributed by atoms with Gasteiger partial charge in [0, 0.05) is 10.6 Å². The van der Waals surface area contributed by atoms with E-state index in [0.29, 0.717) is 22.9 Å². The summed E-state index contributed by atoms with van der Waals surface area (Å²) >= 11 is 5.81. The predicted octanol–water partition coefficient (Wildman–Crippen LogP) is 3.55. The highest BCUT2D eigenvalue weighted by Gasteiger charge is 2.07. The van der Waals surface area contributed by atoms with Crippen molar-refractivity contribution in [3.8, 4) is 5.75 Å². The van der Waals surface area contributed by atoms with Crippen molar-refractivity contribution in [1.29, 1.82) is 0 Å². The Kier molecular flexibility index (Phi) is 4.42. The van der Waals surface area contributed by atoms with Gasteiger partial charge in [-0.3, -0.25) is 4.79 Å². The average Bonchev–Trinajstić information content (AvgIpc) is 2.39. The Bertz CT molecular complexity index is 564. The summed E-state index contributed by atoms with van der Waals surface area (Å²) in [4.78, 5) is 10.8. The molecule has 0 heterocycles. The van der Waals surface area contributed by atoms with Gasteiger partial charge in [-0.1, -0.05) is 41.9 Å². The molecule has 0 unspecified atom stereocenters. The number of carboxylic acids is 1. The third-order valence-electron chi connectivity index (χ3n) is 2.62. The van der Waals surface area contributed by atoms with E-state index in [1.807, 2.05) is 18.2 Å². The number of rotatable bonds is 5. The quantitative estimate of drug-likeness (QED) is 0.908. The molecular formula is C15H13ClO3. The highest BCUT2D eigenvalue weighted by atomic mass is 35.5. The number of hydrogen-bond acceptors (Lipinski definition) is 2. The molecule has 1 N–H and O–H groups in total. The molecule has 0 radical (unpaired) electrons. The highest BCUT2D eigenvalue weighted by Crippen LogP contribution is 2.20. The molecule has 4 heteroatoms. The standard InChI is InChI=1S/C15H13ClO3/c16-13-7-5-11(6-8-13)10-19-14-4-2-1-3-12(14)9-15(17)18/h1-8H,9-10H2,(H,17,18). The summed E-state index contributed by atoms with van der Waals surface area (Å²) in [6.45, 7) is 0.383. The van der Waals surface area contributed by atoms with E-state index < -0.39 is 5.97 Å². The molecule has 0 saturated heterocycles. The van der Waals surface area contributed by atoms with Crippen LogP contribution in [0, 0.1) is 0 Å². The summed E-state index contributed by atoms with van der Waals surface area (Å²) in [6.07, 6.45) is -0.0449. The molecular weight excluding hydrogens is 264 g/mol. The minimum Gasteiger partial charge on any atom is -0.489 e. The molecule has 2 rings (SSSR count). The van der Waals surface area contributed by atoms with Crippen molar-refractivity contribution in [3.05, 3.63) is 64.7 Å². The molecule has 0 aliphatic heterocycles. The van der Waals surface area contributed by atoms with Crippen LogP contribution in [0.3, 0.4) is 0 Å². The van der Waals surface area contributed by atoms with Crippen molar-refractivity contribution in [2.45, 2.75) is 13.0 Å². The zero-order valence-electron chi connectivity index (χ0n) is 10.2. The number of benzene rings is 2. The minimum atomic E-state index is -0.873. The van der Waals surface area contributed by atoms with Gasteiger partial charge in [0.15, 0.2) is 0 Å². The summed E-state index contributed by atoms with van der Waals surface area (Å²) in [6, 6.07) is 14.5. The number of carbonyl (C=O) groups is 1. The van der Waals surface area contributed by atoms with Gasteiger partial charge in [-0.15, -0.1) is 0 Å². The molecule has 0 spiro atoms. The third-order valence-corrected chi connectivity index (χ3v) is 2.87. The molecule has 98 valence electrons. The van der Waals surface area contributed by atoms with Crippen LogP contribution in [0.4, 0.5) is 0 Å². The molecule has 0 saturated carbocycles. The maximum atomic E-state index is 10.8. The fraction of sp³-hybridized carbons (Fsp3) is 0.133. The van der Waals surface area contributed by atoms with E-state index in [2.05, 4.69) is 0 Å². The van der Waals surface area contributed by atoms with Gasteiger partial charge in [0.2, 0.25) is 0 Å². The van der Waals surface area contributed by atoms with Crippen molar-refractivity contribution in [3.63, 3.8) is 0 Å². The molecule has 0 aliphatic rings. The molecule has 0 aromatic heterocycles. The van der Waals surface area contributed by atoms with Crippen LogP contribution in [0.5, 0.6) is 5.75 Å². The topological polar surface area (TPSA) is 46.5 Å². The summed E-state index contributed by atoms with van der Waals surface area (Å²) in [5.74, 6) is -0.276.